The van der Waals surface area contributed by atoms with Gasteiger partial charge in [-0.05, 0) is 57.9 Å². The molecule has 1 fully saturated rings. The zero-order chi connectivity index (χ0) is 19.7. The van der Waals surface area contributed by atoms with Crippen molar-refractivity contribution >= 4 is 29.2 Å². The molecule has 1 aromatic carbocycles. The molecule has 27 heavy (non-hydrogen) atoms. The Morgan fingerprint density at radius 3 is 2.63 bits per heavy atom. The molecule has 2 aromatic rings. The molecule has 0 bridgehead atoms. The Morgan fingerprint density at radius 2 is 2.04 bits per heavy atom. The van der Waals surface area contributed by atoms with Crippen LogP contribution in [0.25, 0.3) is 0 Å². The Bertz CT molecular complexity index is 954. The summed E-state index contributed by atoms with van der Waals surface area (Å²) in [5, 5.41) is 11.8. The number of hydrogen-bond donors (Lipinski definition) is 1. The first-order valence-corrected chi connectivity index (χ1v) is 9.09. The molecule has 3 rings (SSSR count). The first-order chi connectivity index (χ1) is 12.8. The molecule has 0 aliphatic heterocycles. The van der Waals surface area contributed by atoms with Gasteiger partial charge in [0.05, 0.1) is 16.1 Å². The summed E-state index contributed by atoms with van der Waals surface area (Å²) >= 11 is 5.96. The molecule has 0 radical (unpaired) electrons. The Hall–Kier alpha value is -2.78. The highest BCUT2D eigenvalue weighted by Gasteiger charge is 2.29. The minimum atomic E-state index is -0.976. The maximum absolute atomic E-state index is 12.5. The summed E-state index contributed by atoms with van der Waals surface area (Å²) in [4.78, 5) is 24.8. The van der Waals surface area contributed by atoms with Crippen LogP contribution in [0.4, 0.5) is 5.69 Å². The Kier molecular flexibility index (Phi) is 5.24. The van der Waals surface area contributed by atoms with Crippen LogP contribution in [0.2, 0.25) is 5.02 Å². The second kappa shape index (κ2) is 7.45. The first kappa shape index (κ1) is 19.0. The van der Waals surface area contributed by atoms with Crippen molar-refractivity contribution in [2.75, 3.05) is 5.32 Å². The molecular formula is C20H20ClN3O3. The van der Waals surface area contributed by atoms with Crippen molar-refractivity contribution in [3.8, 4) is 6.07 Å². The van der Waals surface area contributed by atoms with Crippen LogP contribution in [-0.4, -0.2) is 22.5 Å². The topological polar surface area (TPSA) is 84.1 Å². The number of nitrogens with zero attached hydrogens (tertiary/aromatic N) is 2. The number of rotatable bonds is 5. The fraction of sp³-hybridized carbons (Fsp3) is 0.350. The van der Waals surface area contributed by atoms with Gasteiger partial charge in [-0.25, -0.2) is 4.79 Å². The van der Waals surface area contributed by atoms with Gasteiger partial charge in [0.25, 0.3) is 5.91 Å². The standard InChI is InChI=1S/C20H20ClN3O3/c1-11-8-17(12(2)24(11)16-6-7-16)20(26)27-13(3)19(25)23-15-5-4-14(10-22)18(21)9-15/h4-5,8-9,13,16H,6-7H2,1-3H3,(H,23,25)/t13-/m0/s1. The molecule has 1 heterocycles. The van der Waals surface area contributed by atoms with E-state index in [0.717, 1.165) is 24.2 Å². The minimum absolute atomic E-state index is 0.243. The molecule has 0 unspecified atom stereocenters. The van der Waals surface area contributed by atoms with Crippen LogP contribution >= 0.6 is 11.6 Å². The van der Waals surface area contributed by atoms with Gasteiger partial charge in [0, 0.05) is 23.1 Å². The molecule has 0 spiro atoms. The zero-order valence-electron chi connectivity index (χ0n) is 15.4. The summed E-state index contributed by atoms with van der Waals surface area (Å²) < 4.78 is 7.50. The monoisotopic (exact) mass is 385 g/mol. The molecule has 1 amide bonds. The molecule has 0 saturated heterocycles. The third kappa shape index (κ3) is 3.99. The smallest absolute Gasteiger partial charge is 0.340 e. The highest BCUT2D eigenvalue weighted by atomic mass is 35.5. The van der Waals surface area contributed by atoms with Gasteiger partial charge in [-0.15, -0.1) is 0 Å². The number of nitrogens with one attached hydrogen (secondary N) is 1. The van der Waals surface area contributed by atoms with Crippen LogP contribution in [0.15, 0.2) is 24.3 Å². The van der Waals surface area contributed by atoms with Gasteiger partial charge >= 0.3 is 5.97 Å². The van der Waals surface area contributed by atoms with E-state index in [1.807, 2.05) is 19.9 Å². The second-order valence-corrected chi connectivity index (χ2v) is 7.14. The van der Waals surface area contributed by atoms with Gasteiger partial charge in [-0.2, -0.15) is 5.26 Å². The molecule has 6 nitrogen and oxygen atoms in total. The van der Waals surface area contributed by atoms with Gasteiger partial charge in [0.1, 0.15) is 6.07 Å². The van der Waals surface area contributed by atoms with Crippen molar-refractivity contribution in [1.29, 1.82) is 5.26 Å². The van der Waals surface area contributed by atoms with E-state index >= 15 is 0 Å². The van der Waals surface area contributed by atoms with Crippen LogP contribution in [0, 0.1) is 25.2 Å². The minimum Gasteiger partial charge on any atom is -0.449 e. The van der Waals surface area contributed by atoms with Gasteiger partial charge in [0.15, 0.2) is 6.10 Å². The number of benzene rings is 1. The SMILES string of the molecule is Cc1cc(C(=O)O[C@@H](C)C(=O)Nc2ccc(C#N)c(Cl)c2)c(C)n1C1CC1. The largest absolute Gasteiger partial charge is 0.449 e. The van der Waals surface area contributed by atoms with Gasteiger partial charge in [-0.1, -0.05) is 11.6 Å². The summed E-state index contributed by atoms with van der Waals surface area (Å²) in [6.07, 6.45) is 1.27. The molecule has 7 heteroatoms. The highest BCUT2D eigenvalue weighted by Crippen LogP contribution is 2.38. The first-order valence-electron chi connectivity index (χ1n) is 8.71. The van der Waals surface area contributed by atoms with E-state index in [4.69, 9.17) is 21.6 Å². The van der Waals surface area contributed by atoms with Crippen molar-refractivity contribution in [2.45, 2.75) is 45.8 Å². The number of ether oxygens (including phenoxy) is 1. The molecule has 1 atom stereocenters. The lowest BCUT2D eigenvalue weighted by Crippen LogP contribution is -2.30. The molecule has 1 aliphatic rings. The Morgan fingerprint density at radius 1 is 1.33 bits per heavy atom. The third-order valence-electron chi connectivity index (χ3n) is 4.63. The fourth-order valence-corrected chi connectivity index (χ4v) is 3.31. The lowest BCUT2D eigenvalue weighted by molar-refractivity contribution is -0.123. The van der Waals surface area contributed by atoms with Crippen LogP contribution in [-0.2, 0) is 9.53 Å². The van der Waals surface area contributed by atoms with Crippen LogP contribution in [0.3, 0.4) is 0 Å². The summed E-state index contributed by atoms with van der Waals surface area (Å²) in [5.74, 6) is -0.990. The number of carbonyl (C=O) groups excluding carboxylic acids is 2. The lowest BCUT2D eigenvalue weighted by atomic mass is 10.2. The van der Waals surface area contributed by atoms with E-state index in [2.05, 4.69) is 9.88 Å². The van der Waals surface area contributed by atoms with E-state index in [1.165, 1.54) is 19.1 Å². The highest BCUT2D eigenvalue weighted by molar-refractivity contribution is 6.32. The average Bonchev–Trinajstić information content (AvgIpc) is 3.40. The normalized spacial score (nSPS) is 14.3. The van der Waals surface area contributed by atoms with Crippen LogP contribution < -0.4 is 5.32 Å². The summed E-state index contributed by atoms with van der Waals surface area (Å²) in [5.41, 5.74) is 3.12. The average molecular weight is 386 g/mol. The quantitative estimate of drug-likeness (QED) is 0.783. The molecule has 1 aromatic heterocycles. The van der Waals surface area contributed by atoms with Crippen molar-refractivity contribution in [3.05, 3.63) is 51.8 Å². The van der Waals surface area contributed by atoms with Crippen LogP contribution in [0.1, 0.15) is 53.1 Å². The fourth-order valence-electron chi connectivity index (χ4n) is 3.08. The summed E-state index contributed by atoms with van der Waals surface area (Å²) in [6, 6.07) is 8.79. The summed E-state index contributed by atoms with van der Waals surface area (Å²) in [7, 11) is 0. The van der Waals surface area contributed by atoms with E-state index in [1.54, 1.807) is 12.1 Å². The molecule has 140 valence electrons. The van der Waals surface area contributed by atoms with E-state index in [0.29, 0.717) is 22.9 Å². The van der Waals surface area contributed by atoms with Crippen molar-refractivity contribution in [3.63, 3.8) is 0 Å². The molecule has 1 saturated carbocycles. The zero-order valence-corrected chi connectivity index (χ0v) is 16.1. The van der Waals surface area contributed by atoms with Gasteiger partial charge in [-0.3, -0.25) is 4.79 Å². The molecule has 1 aliphatic carbocycles. The Balaban J connectivity index is 1.66. The number of amides is 1. The van der Waals surface area contributed by atoms with Crippen molar-refractivity contribution in [1.82, 2.24) is 4.57 Å². The predicted octanol–water partition coefficient (Wildman–Crippen LogP) is 4.15. The molecular weight excluding hydrogens is 366 g/mol. The number of nitriles is 1. The van der Waals surface area contributed by atoms with E-state index in [-0.39, 0.29) is 5.02 Å². The summed E-state index contributed by atoms with van der Waals surface area (Å²) in [6.45, 7) is 5.37. The van der Waals surface area contributed by atoms with Gasteiger partial charge in [0.2, 0.25) is 0 Å². The van der Waals surface area contributed by atoms with E-state index in [9.17, 15) is 9.59 Å². The van der Waals surface area contributed by atoms with E-state index < -0.39 is 18.0 Å². The van der Waals surface area contributed by atoms with Crippen molar-refractivity contribution < 1.29 is 14.3 Å². The maximum Gasteiger partial charge on any atom is 0.340 e. The Labute approximate surface area is 162 Å². The number of carbonyl (C=O) groups is 2. The van der Waals surface area contributed by atoms with Gasteiger partial charge < -0.3 is 14.6 Å². The maximum atomic E-state index is 12.5. The number of esters is 1. The number of anilines is 1. The number of aromatic nitrogens is 1. The van der Waals surface area contributed by atoms with Crippen molar-refractivity contribution in [2.24, 2.45) is 0 Å². The number of hydrogen-bond acceptors (Lipinski definition) is 4. The third-order valence-corrected chi connectivity index (χ3v) is 4.94. The van der Waals surface area contributed by atoms with Crippen LogP contribution in [0.5, 0.6) is 0 Å². The number of halogens is 1. The predicted molar refractivity (Wildman–Crippen MR) is 102 cm³/mol. The molecule has 1 N–H and O–H groups in total. The lowest BCUT2D eigenvalue weighted by Gasteiger charge is -2.14. The second-order valence-electron chi connectivity index (χ2n) is 6.73. The number of aryl methyl sites for hydroxylation is 1.